The molecule has 32 heavy (non-hydrogen) atoms. The van der Waals surface area contributed by atoms with E-state index in [1.165, 1.54) is 0 Å². The maximum atomic E-state index is 13.5. The van der Waals surface area contributed by atoms with Crippen molar-refractivity contribution in [2.24, 2.45) is 0 Å². The van der Waals surface area contributed by atoms with Gasteiger partial charge in [-0.2, -0.15) is 0 Å². The number of fused-ring (bicyclic) bond motifs is 1. The van der Waals surface area contributed by atoms with Crippen LogP contribution in [0, 0.1) is 20.8 Å². The highest BCUT2D eigenvalue weighted by molar-refractivity contribution is 6.42. The summed E-state index contributed by atoms with van der Waals surface area (Å²) in [4.78, 5) is 18.5. The molecule has 0 aliphatic heterocycles. The van der Waals surface area contributed by atoms with E-state index in [1.807, 2.05) is 51.1 Å². The number of carbonyl (C=O) groups is 1. The molecule has 0 saturated carbocycles. The van der Waals surface area contributed by atoms with Crippen LogP contribution in [-0.2, 0) is 0 Å². The van der Waals surface area contributed by atoms with Crippen molar-refractivity contribution in [1.82, 2.24) is 4.98 Å². The number of hydrogen-bond acceptors (Lipinski definition) is 3. The van der Waals surface area contributed by atoms with E-state index in [2.05, 4.69) is 11.4 Å². The second-order valence-electron chi connectivity index (χ2n) is 7.75. The zero-order chi connectivity index (χ0) is 23.0. The minimum atomic E-state index is -0.229. The highest BCUT2D eigenvalue weighted by Crippen LogP contribution is 2.33. The normalized spacial score (nSPS) is 10.9. The number of anilines is 1. The Balaban J connectivity index is 1.91. The van der Waals surface area contributed by atoms with Crippen molar-refractivity contribution >= 4 is 45.7 Å². The van der Waals surface area contributed by atoms with Crippen molar-refractivity contribution in [3.05, 3.63) is 86.9 Å². The van der Waals surface area contributed by atoms with Crippen LogP contribution in [0.15, 0.2) is 54.6 Å². The largest absolute Gasteiger partial charge is 0.497 e. The molecule has 1 heterocycles. The summed E-state index contributed by atoms with van der Waals surface area (Å²) < 4.78 is 5.28. The molecule has 4 aromatic rings. The first-order valence-electron chi connectivity index (χ1n) is 10.1. The van der Waals surface area contributed by atoms with Gasteiger partial charge in [-0.1, -0.05) is 34.8 Å². The van der Waals surface area contributed by atoms with Crippen molar-refractivity contribution in [2.75, 3.05) is 12.4 Å². The van der Waals surface area contributed by atoms with Crippen LogP contribution < -0.4 is 10.1 Å². The number of methoxy groups -OCH3 is 1. The Morgan fingerprint density at radius 1 is 0.938 bits per heavy atom. The van der Waals surface area contributed by atoms with Gasteiger partial charge in [0.2, 0.25) is 0 Å². The van der Waals surface area contributed by atoms with E-state index in [9.17, 15) is 4.79 Å². The molecule has 1 aromatic heterocycles. The number of benzene rings is 3. The average molecular weight is 465 g/mol. The lowest BCUT2D eigenvalue weighted by Crippen LogP contribution is -2.15. The number of amides is 1. The Bertz CT molecular complexity index is 1350. The van der Waals surface area contributed by atoms with E-state index >= 15 is 0 Å². The van der Waals surface area contributed by atoms with Gasteiger partial charge in [-0.05, 0) is 80.4 Å². The molecule has 6 heteroatoms. The van der Waals surface area contributed by atoms with E-state index in [0.29, 0.717) is 21.3 Å². The molecule has 0 bridgehead atoms. The van der Waals surface area contributed by atoms with Gasteiger partial charge in [-0.15, -0.1) is 0 Å². The van der Waals surface area contributed by atoms with Gasteiger partial charge >= 0.3 is 0 Å². The Labute approximate surface area is 197 Å². The number of pyridine rings is 1. The summed E-state index contributed by atoms with van der Waals surface area (Å²) in [6.45, 7) is 5.95. The lowest BCUT2D eigenvalue weighted by atomic mass is 9.94. The molecule has 0 spiro atoms. The molecule has 0 radical (unpaired) electrons. The van der Waals surface area contributed by atoms with Crippen molar-refractivity contribution in [1.29, 1.82) is 0 Å². The molecule has 0 fully saturated rings. The summed E-state index contributed by atoms with van der Waals surface area (Å²) in [6.07, 6.45) is 0. The molecule has 0 atom stereocenters. The van der Waals surface area contributed by atoms with E-state index < -0.39 is 0 Å². The molecule has 0 saturated heterocycles. The molecule has 0 aliphatic rings. The second-order valence-corrected chi connectivity index (χ2v) is 8.56. The molecule has 162 valence electrons. The third-order valence-corrected chi connectivity index (χ3v) is 6.17. The maximum absolute atomic E-state index is 13.5. The molecule has 0 unspecified atom stereocenters. The summed E-state index contributed by atoms with van der Waals surface area (Å²) >= 11 is 12.2. The molecule has 1 amide bonds. The van der Waals surface area contributed by atoms with Gasteiger partial charge in [0.15, 0.2) is 0 Å². The van der Waals surface area contributed by atoms with Crippen molar-refractivity contribution in [2.45, 2.75) is 20.8 Å². The zero-order valence-electron chi connectivity index (χ0n) is 18.2. The fourth-order valence-corrected chi connectivity index (χ4v) is 4.20. The molecular formula is C26H22Cl2N2O2. The fraction of sp³-hybridized carbons (Fsp3) is 0.154. The first-order valence-corrected chi connectivity index (χ1v) is 10.9. The number of nitrogens with zero attached hydrogens (tertiary/aromatic N) is 1. The minimum absolute atomic E-state index is 0.229. The zero-order valence-corrected chi connectivity index (χ0v) is 19.7. The van der Waals surface area contributed by atoms with Crippen LogP contribution in [0.2, 0.25) is 10.0 Å². The predicted molar refractivity (Wildman–Crippen MR) is 132 cm³/mol. The Morgan fingerprint density at radius 2 is 1.66 bits per heavy atom. The highest BCUT2D eigenvalue weighted by atomic mass is 35.5. The Morgan fingerprint density at radius 3 is 2.31 bits per heavy atom. The van der Waals surface area contributed by atoms with Crippen LogP contribution in [0.1, 0.15) is 27.0 Å². The lowest BCUT2D eigenvalue weighted by molar-refractivity contribution is 0.102. The number of carbonyl (C=O) groups excluding carboxylic acids is 1. The van der Waals surface area contributed by atoms with Gasteiger partial charge in [0.05, 0.1) is 33.9 Å². The highest BCUT2D eigenvalue weighted by Gasteiger charge is 2.21. The summed E-state index contributed by atoms with van der Waals surface area (Å²) in [5.74, 6) is 0.532. The van der Waals surface area contributed by atoms with Crippen LogP contribution in [-0.4, -0.2) is 18.0 Å². The first kappa shape index (κ1) is 22.1. The molecule has 4 nitrogen and oxygen atoms in total. The van der Waals surface area contributed by atoms with Gasteiger partial charge < -0.3 is 10.1 Å². The van der Waals surface area contributed by atoms with Crippen LogP contribution in [0.5, 0.6) is 5.75 Å². The smallest absolute Gasteiger partial charge is 0.256 e. The van der Waals surface area contributed by atoms with Gasteiger partial charge in [0.1, 0.15) is 5.75 Å². The summed E-state index contributed by atoms with van der Waals surface area (Å²) in [6, 6.07) is 16.8. The molecule has 4 rings (SSSR count). The maximum Gasteiger partial charge on any atom is 0.256 e. The quantitative estimate of drug-likeness (QED) is 0.342. The van der Waals surface area contributed by atoms with E-state index in [4.69, 9.17) is 32.9 Å². The number of aromatic nitrogens is 1. The van der Waals surface area contributed by atoms with Crippen molar-refractivity contribution in [3.63, 3.8) is 0 Å². The van der Waals surface area contributed by atoms with E-state index in [0.717, 1.165) is 44.6 Å². The van der Waals surface area contributed by atoms with E-state index in [-0.39, 0.29) is 5.91 Å². The Kier molecular flexibility index (Phi) is 6.09. The first-order chi connectivity index (χ1) is 15.3. The number of ether oxygens (including phenoxy) is 1. The van der Waals surface area contributed by atoms with Gasteiger partial charge in [-0.3, -0.25) is 4.79 Å². The van der Waals surface area contributed by atoms with Gasteiger partial charge in [0, 0.05) is 16.6 Å². The van der Waals surface area contributed by atoms with Crippen LogP contribution in [0.4, 0.5) is 5.69 Å². The minimum Gasteiger partial charge on any atom is -0.497 e. The third kappa shape index (κ3) is 4.16. The standard InChI is InChI=1S/C26H22Cl2N2O2/c1-14-11-15(2)24-20(12-14)23(26(31)29-18-7-10-21(27)22(28)13-18)16(3)25(30-24)17-5-8-19(32-4)9-6-17/h5-13H,1-4H3,(H,29,31). The van der Waals surface area contributed by atoms with Gasteiger partial charge in [0.25, 0.3) is 5.91 Å². The summed E-state index contributed by atoms with van der Waals surface area (Å²) in [5.41, 5.74) is 6.50. The monoisotopic (exact) mass is 464 g/mol. The number of rotatable bonds is 4. The number of halogens is 2. The topological polar surface area (TPSA) is 51.2 Å². The van der Waals surface area contributed by atoms with Crippen LogP contribution in [0.3, 0.4) is 0 Å². The molecule has 1 N–H and O–H groups in total. The number of hydrogen-bond donors (Lipinski definition) is 1. The third-order valence-electron chi connectivity index (χ3n) is 5.44. The predicted octanol–water partition coefficient (Wildman–Crippen LogP) is 7.39. The van der Waals surface area contributed by atoms with Gasteiger partial charge in [-0.25, -0.2) is 4.98 Å². The second kappa shape index (κ2) is 8.81. The summed E-state index contributed by atoms with van der Waals surface area (Å²) in [7, 11) is 1.63. The average Bonchev–Trinajstić information content (AvgIpc) is 2.76. The SMILES string of the molecule is COc1ccc(-c2nc3c(C)cc(C)cc3c(C(=O)Nc3ccc(Cl)c(Cl)c3)c2C)cc1. The molecule has 3 aromatic carbocycles. The van der Waals surface area contributed by atoms with Crippen LogP contribution >= 0.6 is 23.2 Å². The van der Waals surface area contributed by atoms with E-state index in [1.54, 1.807) is 25.3 Å². The summed E-state index contributed by atoms with van der Waals surface area (Å²) in [5, 5.41) is 4.59. The molecular weight excluding hydrogens is 443 g/mol. The van der Waals surface area contributed by atoms with Crippen molar-refractivity contribution < 1.29 is 9.53 Å². The number of aryl methyl sites for hydroxylation is 2. The fourth-order valence-electron chi connectivity index (χ4n) is 3.91. The van der Waals surface area contributed by atoms with Crippen LogP contribution in [0.25, 0.3) is 22.2 Å². The Hall–Kier alpha value is -3.08. The van der Waals surface area contributed by atoms with Crippen molar-refractivity contribution in [3.8, 4) is 17.0 Å². The number of nitrogens with one attached hydrogen (secondary N) is 1. The molecule has 0 aliphatic carbocycles. The lowest BCUT2D eigenvalue weighted by Gasteiger charge is -2.17.